The van der Waals surface area contributed by atoms with Crippen LogP contribution in [0.3, 0.4) is 0 Å². The highest BCUT2D eigenvalue weighted by molar-refractivity contribution is 5.98. The van der Waals surface area contributed by atoms with Crippen LogP contribution in [0.1, 0.15) is 76.3 Å². The van der Waals surface area contributed by atoms with Crippen LogP contribution >= 0.6 is 0 Å². The van der Waals surface area contributed by atoms with E-state index in [4.69, 9.17) is 14.2 Å². The van der Waals surface area contributed by atoms with Crippen LogP contribution in [0, 0.1) is 0 Å². The summed E-state index contributed by atoms with van der Waals surface area (Å²) in [5.41, 5.74) is 2.67. The van der Waals surface area contributed by atoms with Crippen molar-refractivity contribution < 1.29 is 28.6 Å². The molecule has 2 aromatic carbocycles. The number of aryl methyl sites for hydroxylation is 1. The second-order valence-electron chi connectivity index (χ2n) is 9.65. The number of nitrogens with zero attached hydrogens (tertiary/aromatic N) is 1. The molecular weight excluding hydrogens is 458 g/mol. The lowest BCUT2D eigenvalue weighted by atomic mass is 9.83. The molecule has 2 unspecified atom stereocenters. The first-order valence-corrected chi connectivity index (χ1v) is 12.9. The standard InChI is InChI=1S/C29H35NO6/c1-4-34-28(33)16-22-15-23-13-14-27(32)30(23)25-17-24(18-26(29(22)25)36-20(3)31)35-19(2)9-8-12-21-10-6-5-7-11-21/h5-7,10-11,17-19,22-23H,4,8-9,12-16H2,1-3H3/t19?,22?,23-/m0/s1. The maximum Gasteiger partial charge on any atom is 0.308 e. The van der Waals surface area contributed by atoms with Crippen molar-refractivity contribution in [1.29, 1.82) is 0 Å². The number of rotatable bonds is 10. The molecule has 0 spiro atoms. The van der Waals surface area contributed by atoms with E-state index < -0.39 is 5.97 Å². The van der Waals surface area contributed by atoms with Crippen molar-refractivity contribution in [2.75, 3.05) is 11.5 Å². The van der Waals surface area contributed by atoms with E-state index >= 15 is 0 Å². The van der Waals surface area contributed by atoms with E-state index in [0.717, 1.165) is 25.7 Å². The molecule has 192 valence electrons. The topological polar surface area (TPSA) is 82.1 Å². The fraction of sp³-hybridized carbons (Fsp3) is 0.483. The van der Waals surface area contributed by atoms with Gasteiger partial charge in [-0.15, -0.1) is 0 Å². The Bertz CT molecular complexity index is 1100. The first kappa shape index (κ1) is 25.7. The van der Waals surface area contributed by atoms with Crippen LogP contribution in [0.2, 0.25) is 0 Å². The van der Waals surface area contributed by atoms with Crippen molar-refractivity contribution >= 4 is 23.5 Å². The first-order chi connectivity index (χ1) is 17.4. The molecule has 2 aliphatic heterocycles. The molecule has 0 radical (unpaired) electrons. The molecule has 2 heterocycles. The molecule has 4 rings (SSSR count). The van der Waals surface area contributed by atoms with Gasteiger partial charge in [0.25, 0.3) is 0 Å². The van der Waals surface area contributed by atoms with Gasteiger partial charge < -0.3 is 19.1 Å². The van der Waals surface area contributed by atoms with Gasteiger partial charge >= 0.3 is 11.9 Å². The Labute approximate surface area is 212 Å². The Kier molecular flexibility index (Phi) is 8.28. The summed E-state index contributed by atoms with van der Waals surface area (Å²) in [6, 6.07) is 13.9. The fourth-order valence-electron chi connectivity index (χ4n) is 5.38. The molecule has 2 aromatic rings. The van der Waals surface area contributed by atoms with E-state index in [1.54, 1.807) is 17.9 Å². The normalized spacial score (nSPS) is 19.3. The third-order valence-corrected chi connectivity index (χ3v) is 6.87. The maximum atomic E-state index is 12.8. The van der Waals surface area contributed by atoms with Crippen LogP contribution in [0.5, 0.6) is 11.5 Å². The van der Waals surface area contributed by atoms with E-state index in [1.165, 1.54) is 12.5 Å². The fourth-order valence-corrected chi connectivity index (χ4v) is 5.38. The zero-order chi connectivity index (χ0) is 25.7. The quantitative estimate of drug-likeness (QED) is 0.328. The number of anilines is 1. The third-order valence-electron chi connectivity index (χ3n) is 6.87. The number of carbonyl (C=O) groups is 3. The molecule has 0 aromatic heterocycles. The number of ether oxygens (including phenoxy) is 3. The summed E-state index contributed by atoms with van der Waals surface area (Å²) < 4.78 is 17.1. The third kappa shape index (κ3) is 6.07. The molecule has 7 nitrogen and oxygen atoms in total. The van der Waals surface area contributed by atoms with Gasteiger partial charge in [-0.05, 0) is 51.5 Å². The Hall–Kier alpha value is -3.35. The van der Waals surface area contributed by atoms with Gasteiger partial charge in [-0.2, -0.15) is 0 Å². The van der Waals surface area contributed by atoms with E-state index in [0.29, 0.717) is 42.2 Å². The van der Waals surface area contributed by atoms with Crippen molar-refractivity contribution in [2.24, 2.45) is 0 Å². The van der Waals surface area contributed by atoms with Crippen molar-refractivity contribution in [3.8, 4) is 11.5 Å². The summed E-state index contributed by atoms with van der Waals surface area (Å²) in [4.78, 5) is 39.0. The zero-order valence-electron chi connectivity index (χ0n) is 21.3. The first-order valence-electron chi connectivity index (χ1n) is 12.9. The minimum atomic E-state index is -0.463. The van der Waals surface area contributed by atoms with E-state index in [-0.39, 0.29) is 36.4 Å². The Morgan fingerprint density at radius 3 is 2.67 bits per heavy atom. The van der Waals surface area contributed by atoms with Gasteiger partial charge in [0.05, 0.1) is 24.8 Å². The molecule has 0 saturated carbocycles. The lowest BCUT2D eigenvalue weighted by molar-refractivity contribution is -0.143. The monoisotopic (exact) mass is 493 g/mol. The van der Waals surface area contributed by atoms with Crippen molar-refractivity contribution in [3.05, 3.63) is 53.6 Å². The SMILES string of the molecule is CCOC(=O)CC1C[C@@H]2CCC(=O)N2c2cc(OC(C)CCCc3ccccc3)cc(OC(C)=O)c21. The summed E-state index contributed by atoms with van der Waals surface area (Å²) in [6.45, 7) is 5.44. The summed E-state index contributed by atoms with van der Waals surface area (Å²) in [5.74, 6) is -0.0377. The molecule has 0 N–H and O–H groups in total. The lowest BCUT2D eigenvalue weighted by Gasteiger charge is -2.37. The maximum absolute atomic E-state index is 12.8. The smallest absolute Gasteiger partial charge is 0.308 e. The highest BCUT2D eigenvalue weighted by Gasteiger charge is 2.43. The molecule has 0 bridgehead atoms. The van der Waals surface area contributed by atoms with Crippen LogP contribution in [0.4, 0.5) is 5.69 Å². The molecule has 36 heavy (non-hydrogen) atoms. The molecule has 1 fully saturated rings. The highest BCUT2D eigenvalue weighted by atomic mass is 16.5. The van der Waals surface area contributed by atoms with E-state index in [1.807, 2.05) is 31.2 Å². The molecule has 2 aliphatic rings. The van der Waals surface area contributed by atoms with Gasteiger partial charge in [0, 0.05) is 43.0 Å². The van der Waals surface area contributed by atoms with Gasteiger partial charge in [0.15, 0.2) is 0 Å². The Morgan fingerprint density at radius 1 is 1.17 bits per heavy atom. The number of benzene rings is 2. The van der Waals surface area contributed by atoms with Gasteiger partial charge in [-0.3, -0.25) is 14.4 Å². The van der Waals surface area contributed by atoms with Crippen molar-refractivity contribution in [1.82, 2.24) is 0 Å². The van der Waals surface area contributed by atoms with E-state index in [9.17, 15) is 14.4 Å². The predicted octanol–water partition coefficient (Wildman–Crippen LogP) is 5.34. The van der Waals surface area contributed by atoms with Gasteiger partial charge in [0.2, 0.25) is 5.91 Å². The number of fused-ring (bicyclic) bond motifs is 3. The summed E-state index contributed by atoms with van der Waals surface area (Å²) >= 11 is 0. The zero-order valence-corrected chi connectivity index (χ0v) is 21.3. The summed E-state index contributed by atoms with van der Waals surface area (Å²) in [6.07, 6.45) is 4.72. The van der Waals surface area contributed by atoms with Gasteiger partial charge in [0.1, 0.15) is 11.5 Å². The molecule has 0 aliphatic carbocycles. The number of carbonyl (C=O) groups excluding carboxylic acids is 3. The number of esters is 2. The lowest BCUT2D eigenvalue weighted by Crippen LogP contribution is -2.39. The molecule has 3 atom stereocenters. The van der Waals surface area contributed by atoms with Crippen LogP contribution in [0.15, 0.2) is 42.5 Å². The minimum Gasteiger partial charge on any atom is -0.491 e. The van der Waals surface area contributed by atoms with Crippen LogP contribution in [-0.4, -0.2) is 36.6 Å². The molecule has 7 heteroatoms. The molecular formula is C29H35NO6. The average Bonchev–Trinajstić information content (AvgIpc) is 3.20. The molecule has 1 saturated heterocycles. The summed E-state index contributed by atoms with van der Waals surface area (Å²) in [7, 11) is 0. The molecule has 1 amide bonds. The van der Waals surface area contributed by atoms with Gasteiger partial charge in [-0.25, -0.2) is 0 Å². The largest absolute Gasteiger partial charge is 0.491 e. The average molecular weight is 494 g/mol. The van der Waals surface area contributed by atoms with Crippen molar-refractivity contribution in [3.63, 3.8) is 0 Å². The Balaban J connectivity index is 1.59. The number of hydrogen-bond acceptors (Lipinski definition) is 6. The summed E-state index contributed by atoms with van der Waals surface area (Å²) in [5, 5.41) is 0. The van der Waals surface area contributed by atoms with Crippen LogP contribution < -0.4 is 14.4 Å². The second kappa shape index (κ2) is 11.6. The number of amides is 1. The predicted molar refractivity (Wildman–Crippen MR) is 136 cm³/mol. The number of hydrogen-bond donors (Lipinski definition) is 0. The van der Waals surface area contributed by atoms with Crippen molar-refractivity contribution in [2.45, 2.75) is 83.8 Å². The second-order valence-corrected chi connectivity index (χ2v) is 9.65. The van der Waals surface area contributed by atoms with E-state index in [2.05, 4.69) is 12.1 Å². The minimum absolute atomic E-state index is 0.00755. The van der Waals surface area contributed by atoms with Crippen LogP contribution in [0.25, 0.3) is 0 Å². The highest BCUT2D eigenvalue weighted by Crippen LogP contribution is 2.50. The van der Waals surface area contributed by atoms with Gasteiger partial charge in [-0.1, -0.05) is 30.3 Å². The Morgan fingerprint density at radius 2 is 1.94 bits per heavy atom. The van der Waals surface area contributed by atoms with Crippen LogP contribution in [-0.2, 0) is 25.5 Å².